The molecule has 2 N–H and O–H groups in total. The van der Waals surface area contributed by atoms with Crippen molar-refractivity contribution >= 4 is 39.0 Å². The van der Waals surface area contributed by atoms with Crippen molar-refractivity contribution in [2.24, 2.45) is 0 Å². The van der Waals surface area contributed by atoms with Crippen molar-refractivity contribution in [3.63, 3.8) is 0 Å². The Balaban J connectivity index is 2.31. The van der Waals surface area contributed by atoms with E-state index in [1.165, 1.54) is 6.07 Å². The number of imidazole rings is 1. The molecule has 3 rings (SSSR count). The molecule has 96 valence electrons. The van der Waals surface area contributed by atoms with Crippen LogP contribution in [0.2, 0.25) is 5.02 Å². The highest BCUT2D eigenvalue weighted by atomic mass is 79.9. The molecule has 1 aromatic carbocycles. The number of nitrogen functional groups attached to an aromatic ring is 1. The number of fused-ring (bicyclic) bond motifs is 1. The summed E-state index contributed by atoms with van der Waals surface area (Å²) in [5, 5.41) is 0.0511. The standard InChI is InChI=1S/C13H8BrClFN3/c14-7-4-5-10-18-12(13(17)19(10)6-7)8-2-1-3-9(15)11(8)16/h1-6H,17H2. The lowest BCUT2D eigenvalue weighted by Crippen LogP contribution is -1.95. The maximum atomic E-state index is 14.0. The molecule has 6 heteroatoms. The van der Waals surface area contributed by atoms with Crippen LogP contribution in [-0.2, 0) is 0 Å². The van der Waals surface area contributed by atoms with Gasteiger partial charge >= 0.3 is 0 Å². The first kappa shape index (κ1) is 12.4. The maximum absolute atomic E-state index is 14.0. The molecule has 0 fully saturated rings. The largest absolute Gasteiger partial charge is 0.383 e. The van der Waals surface area contributed by atoms with Gasteiger partial charge in [-0.3, -0.25) is 4.40 Å². The first-order chi connectivity index (χ1) is 9.08. The van der Waals surface area contributed by atoms with Crippen LogP contribution in [0.25, 0.3) is 16.9 Å². The van der Waals surface area contributed by atoms with E-state index in [1.54, 1.807) is 28.8 Å². The fraction of sp³-hybridized carbons (Fsp3) is 0. The van der Waals surface area contributed by atoms with Crippen molar-refractivity contribution in [2.75, 3.05) is 5.73 Å². The average Bonchev–Trinajstić information content (AvgIpc) is 2.70. The summed E-state index contributed by atoms with van der Waals surface area (Å²) in [4.78, 5) is 4.34. The van der Waals surface area contributed by atoms with E-state index in [1.807, 2.05) is 6.07 Å². The Morgan fingerprint density at radius 3 is 2.84 bits per heavy atom. The van der Waals surface area contributed by atoms with Gasteiger partial charge in [-0.05, 0) is 40.2 Å². The van der Waals surface area contributed by atoms with Crippen molar-refractivity contribution in [3.8, 4) is 11.3 Å². The summed E-state index contributed by atoms with van der Waals surface area (Å²) in [6.07, 6.45) is 1.78. The van der Waals surface area contributed by atoms with Crippen molar-refractivity contribution in [1.82, 2.24) is 9.38 Å². The van der Waals surface area contributed by atoms with E-state index in [4.69, 9.17) is 17.3 Å². The van der Waals surface area contributed by atoms with Crippen LogP contribution >= 0.6 is 27.5 Å². The minimum Gasteiger partial charge on any atom is -0.383 e. The first-order valence-corrected chi connectivity index (χ1v) is 6.62. The lowest BCUT2D eigenvalue weighted by Gasteiger charge is -2.02. The summed E-state index contributed by atoms with van der Waals surface area (Å²) in [6.45, 7) is 0. The Kier molecular flexibility index (Phi) is 2.95. The first-order valence-electron chi connectivity index (χ1n) is 5.45. The molecule has 0 aliphatic carbocycles. The summed E-state index contributed by atoms with van der Waals surface area (Å²) < 4.78 is 16.6. The number of benzene rings is 1. The van der Waals surface area contributed by atoms with Crippen LogP contribution in [0.5, 0.6) is 0 Å². The minimum absolute atomic E-state index is 0.0511. The topological polar surface area (TPSA) is 43.3 Å². The fourth-order valence-corrected chi connectivity index (χ4v) is 2.43. The van der Waals surface area contributed by atoms with Crippen molar-refractivity contribution in [3.05, 3.63) is 51.8 Å². The molecular formula is C13H8BrClFN3. The Labute approximate surface area is 122 Å². The van der Waals surface area contributed by atoms with Gasteiger partial charge in [0.1, 0.15) is 17.2 Å². The Hall–Kier alpha value is -1.59. The molecule has 0 saturated heterocycles. The summed E-state index contributed by atoms with van der Waals surface area (Å²) >= 11 is 9.14. The van der Waals surface area contributed by atoms with E-state index in [2.05, 4.69) is 20.9 Å². The van der Waals surface area contributed by atoms with Crippen LogP contribution < -0.4 is 5.73 Å². The SMILES string of the molecule is Nc1c(-c2cccc(Cl)c2F)nc2ccc(Br)cn12. The second-order valence-corrected chi connectivity index (χ2v) is 5.35. The fourth-order valence-electron chi connectivity index (χ4n) is 1.92. The summed E-state index contributed by atoms with van der Waals surface area (Å²) in [5.41, 5.74) is 7.36. The van der Waals surface area contributed by atoms with E-state index in [0.717, 1.165) is 4.47 Å². The molecule has 19 heavy (non-hydrogen) atoms. The van der Waals surface area contributed by atoms with Gasteiger partial charge in [0.15, 0.2) is 5.82 Å². The molecule has 0 aliphatic heterocycles. The van der Waals surface area contributed by atoms with E-state index < -0.39 is 5.82 Å². The van der Waals surface area contributed by atoms with E-state index in [0.29, 0.717) is 22.7 Å². The third-order valence-electron chi connectivity index (χ3n) is 2.83. The van der Waals surface area contributed by atoms with Gasteiger partial charge < -0.3 is 5.73 Å². The second-order valence-electron chi connectivity index (χ2n) is 4.02. The minimum atomic E-state index is -0.515. The van der Waals surface area contributed by atoms with Gasteiger partial charge in [0, 0.05) is 16.2 Å². The van der Waals surface area contributed by atoms with Gasteiger partial charge in [-0.2, -0.15) is 0 Å². The van der Waals surface area contributed by atoms with Crippen molar-refractivity contribution in [1.29, 1.82) is 0 Å². The lowest BCUT2D eigenvalue weighted by atomic mass is 10.1. The molecule has 0 aliphatic rings. The van der Waals surface area contributed by atoms with Crippen LogP contribution in [0.4, 0.5) is 10.2 Å². The predicted octanol–water partition coefficient (Wildman–Crippen LogP) is 4.14. The second kappa shape index (κ2) is 4.51. The molecule has 0 atom stereocenters. The monoisotopic (exact) mass is 339 g/mol. The van der Waals surface area contributed by atoms with E-state index in [-0.39, 0.29) is 5.02 Å². The average molecular weight is 341 g/mol. The molecule has 3 nitrogen and oxygen atoms in total. The third-order valence-corrected chi connectivity index (χ3v) is 3.59. The molecule has 0 amide bonds. The highest BCUT2D eigenvalue weighted by Crippen LogP contribution is 2.31. The predicted molar refractivity (Wildman–Crippen MR) is 77.7 cm³/mol. The van der Waals surface area contributed by atoms with Gasteiger partial charge in [-0.15, -0.1) is 0 Å². The molecule has 0 radical (unpaired) electrons. The third kappa shape index (κ3) is 1.99. The van der Waals surface area contributed by atoms with Crippen LogP contribution in [0.15, 0.2) is 41.0 Å². The summed E-state index contributed by atoms with van der Waals surface area (Å²) in [5.74, 6) is -0.143. The normalized spacial score (nSPS) is 11.1. The van der Waals surface area contributed by atoms with Gasteiger partial charge in [0.2, 0.25) is 0 Å². The highest BCUT2D eigenvalue weighted by Gasteiger charge is 2.16. The molecule has 0 spiro atoms. The molecular weight excluding hydrogens is 333 g/mol. The van der Waals surface area contributed by atoms with Gasteiger partial charge in [-0.1, -0.05) is 17.7 Å². The lowest BCUT2D eigenvalue weighted by molar-refractivity contribution is 0.631. The van der Waals surface area contributed by atoms with Crippen LogP contribution in [0, 0.1) is 5.82 Å². The maximum Gasteiger partial charge on any atom is 0.151 e. The molecule has 2 aromatic heterocycles. The van der Waals surface area contributed by atoms with Gasteiger partial charge in [0.05, 0.1) is 5.02 Å². The van der Waals surface area contributed by atoms with Crippen molar-refractivity contribution < 1.29 is 4.39 Å². The molecule has 0 bridgehead atoms. The number of halogens is 3. The Morgan fingerprint density at radius 2 is 2.05 bits per heavy atom. The number of aromatic nitrogens is 2. The zero-order valence-electron chi connectivity index (χ0n) is 9.57. The van der Waals surface area contributed by atoms with Crippen LogP contribution in [0.3, 0.4) is 0 Å². The van der Waals surface area contributed by atoms with Crippen molar-refractivity contribution in [2.45, 2.75) is 0 Å². The number of hydrogen-bond acceptors (Lipinski definition) is 2. The van der Waals surface area contributed by atoms with Gasteiger partial charge in [-0.25, -0.2) is 9.37 Å². The smallest absolute Gasteiger partial charge is 0.151 e. The number of hydrogen-bond donors (Lipinski definition) is 1. The zero-order valence-corrected chi connectivity index (χ0v) is 11.9. The Bertz CT molecular complexity index is 785. The molecule has 2 heterocycles. The number of nitrogens with zero attached hydrogens (tertiary/aromatic N) is 2. The molecule has 3 aromatic rings. The highest BCUT2D eigenvalue weighted by molar-refractivity contribution is 9.10. The number of pyridine rings is 1. The Morgan fingerprint density at radius 1 is 1.26 bits per heavy atom. The van der Waals surface area contributed by atoms with Gasteiger partial charge in [0.25, 0.3) is 0 Å². The van der Waals surface area contributed by atoms with E-state index >= 15 is 0 Å². The van der Waals surface area contributed by atoms with E-state index in [9.17, 15) is 4.39 Å². The number of rotatable bonds is 1. The number of anilines is 1. The summed E-state index contributed by atoms with van der Waals surface area (Å²) in [7, 11) is 0. The van der Waals surface area contributed by atoms with Crippen LogP contribution in [0.1, 0.15) is 0 Å². The van der Waals surface area contributed by atoms with Crippen LogP contribution in [-0.4, -0.2) is 9.38 Å². The molecule has 0 unspecified atom stereocenters. The summed E-state index contributed by atoms with van der Waals surface area (Å²) in [6, 6.07) is 8.41. The molecule has 0 saturated carbocycles. The zero-order chi connectivity index (χ0) is 13.6. The number of nitrogens with two attached hydrogens (primary N) is 1. The quantitative estimate of drug-likeness (QED) is 0.723.